The summed E-state index contributed by atoms with van der Waals surface area (Å²) in [6, 6.07) is 11.1. The summed E-state index contributed by atoms with van der Waals surface area (Å²) in [5.74, 6) is -2.39. The number of piperazine rings is 1. The van der Waals surface area contributed by atoms with Crippen LogP contribution in [-0.2, 0) is 4.79 Å². The fourth-order valence-electron chi connectivity index (χ4n) is 4.19. The van der Waals surface area contributed by atoms with Gasteiger partial charge in [0, 0.05) is 48.4 Å². The molecular weight excluding hydrogens is 427 g/mol. The lowest BCUT2D eigenvalue weighted by atomic mass is 10.0. The van der Waals surface area contributed by atoms with Crippen molar-refractivity contribution in [3.63, 3.8) is 0 Å². The van der Waals surface area contributed by atoms with Crippen LogP contribution in [0.2, 0.25) is 0 Å². The van der Waals surface area contributed by atoms with Crippen LogP contribution in [-0.4, -0.2) is 69.0 Å². The van der Waals surface area contributed by atoms with Crippen LogP contribution in [0.5, 0.6) is 0 Å². The van der Waals surface area contributed by atoms with E-state index >= 15 is 0 Å². The van der Waals surface area contributed by atoms with E-state index in [2.05, 4.69) is 10.1 Å². The smallest absolute Gasteiger partial charge is 0.295 e. The van der Waals surface area contributed by atoms with Crippen molar-refractivity contribution in [3.8, 4) is 0 Å². The maximum absolute atomic E-state index is 14.6. The highest BCUT2D eigenvalue weighted by Gasteiger charge is 2.34. The normalized spacial score (nSPS) is 16.8. The molecule has 170 valence electrons. The Morgan fingerprint density at radius 3 is 2.48 bits per heavy atom. The second-order valence-corrected chi connectivity index (χ2v) is 8.03. The zero-order valence-corrected chi connectivity index (χ0v) is 18.2. The first kappa shape index (κ1) is 22.2. The van der Waals surface area contributed by atoms with Gasteiger partial charge in [0.25, 0.3) is 17.6 Å². The summed E-state index contributed by atoms with van der Waals surface area (Å²) in [4.78, 5) is 44.7. The molecule has 0 spiro atoms. The number of nitrogens with zero attached hydrogens (tertiary/aromatic N) is 3. The zero-order valence-electron chi connectivity index (χ0n) is 18.2. The number of carbonyl (C=O) groups excluding carboxylic acids is 3. The van der Waals surface area contributed by atoms with Crippen molar-refractivity contribution < 1.29 is 24.0 Å². The number of amides is 2. The minimum absolute atomic E-state index is 0.0283. The third-order valence-electron chi connectivity index (χ3n) is 5.96. The van der Waals surface area contributed by atoms with Gasteiger partial charge < -0.3 is 20.0 Å². The molecule has 9 heteroatoms. The number of halogens is 1. The predicted molar refractivity (Wildman–Crippen MR) is 120 cm³/mol. The number of ketones is 1. The number of oxime groups is 1. The Bertz CT molecular complexity index is 1270. The second kappa shape index (κ2) is 8.85. The minimum atomic E-state index is -0.842. The van der Waals surface area contributed by atoms with Crippen molar-refractivity contribution in [2.75, 3.05) is 19.6 Å². The van der Waals surface area contributed by atoms with Gasteiger partial charge in [-0.05, 0) is 38.1 Å². The van der Waals surface area contributed by atoms with E-state index < -0.39 is 23.5 Å². The number of benzene rings is 2. The van der Waals surface area contributed by atoms with Crippen LogP contribution in [0.25, 0.3) is 10.9 Å². The molecule has 0 radical (unpaired) electrons. The average Bonchev–Trinajstić information content (AvgIpc) is 3.29. The van der Waals surface area contributed by atoms with Crippen molar-refractivity contribution in [1.29, 1.82) is 0 Å². The van der Waals surface area contributed by atoms with E-state index in [9.17, 15) is 18.8 Å². The molecule has 33 heavy (non-hydrogen) atoms. The lowest BCUT2D eigenvalue weighted by Gasteiger charge is -2.39. The van der Waals surface area contributed by atoms with E-state index in [-0.39, 0.29) is 47.7 Å². The molecule has 1 atom stereocenters. The molecule has 2 N–H and O–H groups in total. The third kappa shape index (κ3) is 3.97. The molecule has 8 nitrogen and oxygen atoms in total. The molecule has 0 aliphatic carbocycles. The molecule has 1 aliphatic heterocycles. The number of aromatic nitrogens is 1. The van der Waals surface area contributed by atoms with Crippen LogP contribution in [0.3, 0.4) is 0 Å². The summed E-state index contributed by atoms with van der Waals surface area (Å²) in [5.41, 5.74) is 1.40. The molecule has 0 unspecified atom stereocenters. The first-order valence-corrected chi connectivity index (χ1v) is 10.5. The van der Waals surface area contributed by atoms with E-state index in [0.717, 1.165) is 6.07 Å². The van der Waals surface area contributed by atoms with E-state index in [1.54, 1.807) is 36.1 Å². The van der Waals surface area contributed by atoms with Gasteiger partial charge in [-0.3, -0.25) is 14.4 Å². The Kier molecular flexibility index (Phi) is 5.95. The van der Waals surface area contributed by atoms with Crippen molar-refractivity contribution >= 4 is 34.2 Å². The fourth-order valence-corrected chi connectivity index (χ4v) is 4.19. The van der Waals surface area contributed by atoms with Crippen LogP contribution in [0.15, 0.2) is 53.8 Å². The quantitative estimate of drug-likeness (QED) is 0.209. The van der Waals surface area contributed by atoms with Gasteiger partial charge in [-0.15, -0.1) is 0 Å². The lowest BCUT2D eigenvalue weighted by molar-refractivity contribution is -0.130. The van der Waals surface area contributed by atoms with Gasteiger partial charge in [0.05, 0.1) is 16.8 Å². The SMILES string of the molecule is C/C(=N\O)c1ccc(F)c2c(C(=O)C(=O)N3CCN(C(=O)c4ccccc4)C[C@H]3C)c[nH]c12. The van der Waals surface area contributed by atoms with E-state index in [1.807, 2.05) is 6.07 Å². The molecule has 0 saturated carbocycles. The molecular formula is C24H23FN4O4. The number of fused-ring (bicyclic) bond motifs is 1. The number of carbonyl (C=O) groups is 3. The maximum Gasteiger partial charge on any atom is 0.295 e. The number of H-pyrrole nitrogens is 1. The summed E-state index contributed by atoms with van der Waals surface area (Å²) in [5, 5.41) is 12.2. The molecule has 2 aromatic carbocycles. The van der Waals surface area contributed by atoms with Crippen LogP contribution in [0.1, 0.15) is 40.1 Å². The number of Topliss-reactive ketones (excluding diaryl/α,β-unsaturated/α-hetero) is 1. The molecule has 1 saturated heterocycles. The summed E-state index contributed by atoms with van der Waals surface area (Å²) in [6.45, 7) is 4.07. The molecule has 2 heterocycles. The van der Waals surface area contributed by atoms with Crippen molar-refractivity contribution in [2.45, 2.75) is 19.9 Å². The molecule has 1 aromatic heterocycles. The van der Waals surface area contributed by atoms with Crippen LogP contribution in [0.4, 0.5) is 4.39 Å². The van der Waals surface area contributed by atoms with Crippen molar-refractivity contribution in [3.05, 3.63) is 71.2 Å². The molecule has 1 fully saturated rings. The van der Waals surface area contributed by atoms with Crippen LogP contribution >= 0.6 is 0 Å². The topological polar surface area (TPSA) is 106 Å². The molecule has 3 aromatic rings. The average molecular weight is 450 g/mol. The Morgan fingerprint density at radius 1 is 1.09 bits per heavy atom. The molecule has 2 amide bonds. The Morgan fingerprint density at radius 2 is 1.82 bits per heavy atom. The number of nitrogens with one attached hydrogen (secondary N) is 1. The van der Waals surface area contributed by atoms with Gasteiger partial charge >= 0.3 is 0 Å². The first-order chi connectivity index (χ1) is 15.8. The zero-order chi connectivity index (χ0) is 23.7. The maximum atomic E-state index is 14.6. The van der Waals surface area contributed by atoms with Gasteiger partial charge in [0.2, 0.25) is 0 Å². The Hall–Kier alpha value is -4.01. The van der Waals surface area contributed by atoms with Gasteiger partial charge in [0.15, 0.2) is 0 Å². The van der Waals surface area contributed by atoms with Crippen LogP contribution < -0.4 is 0 Å². The highest BCUT2D eigenvalue weighted by molar-refractivity contribution is 6.45. The number of hydrogen-bond acceptors (Lipinski definition) is 5. The van der Waals surface area contributed by atoms with E-state index in [1.165, 1.54) is 24.1 Å². The number of hydrogen-bond donors (Lipinski definition) is 2. The van der Waals surface area contributed by atoms with Crippen molar-refractivity contribution in [2.24, 2.45) is 5.16 Å². The standard InChI is InChI=1S/C24H23FN4O4/c1-14-13-28(23(31)16-6-4-3-5-7-16)10-11-29(14)24(32)22(30)18-12-26-21-17(15(2)27-33)8-9-19(25)20(18)21/h3-9,12,14,26,33H,10-11,13H2,1-2H3/b27-15+/t14-/m1/s1. The third-order valence-corrected chi connectivity index (χ3v) is 5.96. The second-order valence-electron chi connectivity index (χ2n) is 8.03. The molecule has 1 aliphatic rings. The number of rotatable bonds is 4. The van der Waals surface area contributed by atoms with E-state index in [4.69, 9.17) is 5.21 Å². The van der Waals surface area contributed by atoms with Gasteiger partial charge in [-0.25, -0.2) is 4.39 Å². The Labute approximate surface area is 189 Å². The minimum Gasteiger partial charge on any atom is -0.411 e. The molecule has 4 rings (SSSR count). The van der Waals surface area contributed by atoms with Crippen molar-refractivity contribution in [1.82, 2.24) is 14.8 Å². The number of aromatic amines is 1. The Balaban J connectivity index is 1.55. The van der Waals surface area contributed by atoms with Gasteiger partial charge in [-0.2, -0.15) is 0 Å². The predicted octanol–water partition coefficient (Wildman–Crippen LogP) is 3.06. The van der Waals surface area contributed by atoms with E-state index in [0.29, 0.717) is 11.1 Å². The lowest BCUT2D eigenvalue weighted by Crippen LogP contribution is -2.56. The summed E-state index contributed by atoms with van der Waals surface area (Å²) in [6.07, 6.45) is 1.29. The van der Waals surface area contributed by atoms with Crippen LogP contribution in [0, 0.1) is 5.82 Å². The fraction of sp³-hybridized carbons (Fsp3) is 0.250. The van der Waals surface area contributed by atoms with Gasteiger partial charge in [0.1, 0.15) is 5.82 Å². The summed E-state index contributed by atoms with van der Waals surface area (Å²) >= 11 is 0. The highest BCUT2D eigenvalue weighted by Crippen LogP contribution is 2.27. The summed E-state index contributed by atoms with van der Waals surface area (Å²) < 4.78 is 14.6. The highest BCUT2D eigenvalue weighted by atomic mass is 19.1. The largest absolute Gasteiger partial charge is 0.411 e. The monoisotopic (exact) mass is 450 g/mol. The van der Waals surface area contributed by atoms with Gasteiger partial charge in [-0.1, -0.05) is 23.4 Å². The summed E-state index contributed by atoms with van der Waals surface area (Å²) in [7, 11) is 0. The first-order valence-electron chi connectivity index (χ1n) is 10.5. The molecule has 0 bridgehead atoms.